The molecule has 0 radical (unpaired) electrons. The maximum atomic E-state index is 13.3. The predicted octanol–water partition coefficient (Wildman–Crippen LogP) is 3.42. The van der Waals surface area contributed by atoms with E-state index in [-0.39, 0.29) is 21.4 Å². The van der Waals surface area contributed by atoms with E-state index in [9.17, 15) is 13.2 Å². The van der Waals surface area contributed by atoms with Crippen molar-refractivity contribution < 1.29 is 13.2 Å². The predicted molar refractivity (Wildman–Crippen MR) is 112 cm³/mol. The van der Waals surface area contributed by atoms with Crippen molar-refractivity contribution >= 4 is 33.2 Å². The SMILES string of the molecule is O=C(NCc1ccncc1)c1ccc(Cl)c(S(=O)(=O)N2CCc3ccccc32)c1. The summed E-state index contributed by atoms with van der Waals surface area (Å²) in [6.07, 6.45) is 3.92. The number of aromatic nitrogens is 1. The van der Waals surface area contributed by atoms with Gasteiger partial charge in [0.15, 0.2) is 0 Å². The summed E-state index contributed by atoms with van der Waals surface area (Å²) in [7, 11) is -3.89. The van der Waals surface area contributed by atoms with Crippen molar-refractivity contribution in [2.24, 2.45) is 0 Å². The van der Waals surface area contributed by atoms with E-state index in [4.69, 9.17) is 11.6 Å². The van der Waals surface area contributed by atoms with Crippen LogP contribution in [0.3, 0.4) is 0 Å². The standard InChI is InChI=1S/C21H18ClN3O3S/c22-18-6-5-17(21(26)24-14-15-7-10-23-11-8-15)13-20(18)29(27,28)25-12-9-16-3-1-2-4-19(16)25/h1-8,10-11,13H,9,12,14H2,(H,24,26). The normalized spacial score (nSPS) is 13.2. The molecule has 0 bridgehead atoms. The van der Waals surface area contributed by atoms with Gasteiger partial charge in [-0.2, -0.15) is 0 Å². The second kappa shape index (κ2) is 7.85. The van der Waals surface area contributed by atoms with E-state index in [1.54, 1.807) is 36.7 Å². The topological polar surface area (TPSA) is 79.4 Å². The van der Waals surface area contributed by atoms with Gasteiger partial charge in [-0.05, 0) is 53.9 Å². The number of hydrogen-bond donors (Lipinski definition) is 1. The highest BCUT2D eigenvalue weighted by atomic mass is 35.5. The molecule has 4 rings (SSSR count). The molecule has 1 aliphatic heterocycles. The molecule has 3 aromatic rings. The second-order valence-corrected chi connectivity index (χ2v) is 8.88. The van der Waals surface area contributed by atoms with Gasteiger partial charge in [-0.25, -0.2) is 8.42 Å². The number of sulfonamides is 1. The van der Waals surface area contributed by atoms with E-state index >= 15 is 0 Å². The number of amides is 1. The summed E-state index contributed by atoms with van der Waals surface area (Å²) in [5, 5.41) is 2.86. The minimum absolute atomic E-state index is 0.0765. The first-order valence-corrected chi connectivity index (χ1v) is 10.9. The molecule has 0 aliphatic carbocycles. The zero-order valence-corrected chi connectivity index (χ0v) is 16.9. The lowest BCUT2D eigenvalue weighted by atomic mass is 10.2. The van der Waals surface area contributed by atoms with Gasteiger partial charge >= 0.3 is 0 Å². The van der Waals surface area contributed by atoms with Gasteiger partial charge in [0.25, 0.3) is 15.9 Å². The summed E-state index contributed by atoms with van der Waals surface area (Å²) in [6.45, 7) is 0.655. The summed E-state index contributed by atoms with van der Waals surface area (Å²) in [6, 6.07) is 15.3. The van der Waals surface area contributed by atoms with Gasteiger partial charge in [-0.15, -0.1) is 0 Å². The van der Waals surface area contributed by atoms with Gasteiger partial charge in [0.05, 0.1) is 10.7 Å². The van der Waals surface area contributed by atoms with Crippen LogP contribution in [0.15, 0.2) is 71.9 Å². The molecule has 1 amide bonds. The highest BCUT2D eigenvalue weighted by Crippen LogP contribution is 2.35. The lowest BCUT2D eigenvalue weighted by molar-refractivity contribution is 0.0950. The Bertz CT molecular complexity index is 1170. The van der Waals surface area contributed by atoms with Crippen molar-refractivity contribution in [1.29, 1.82) is 0 Å². The largest absolute Gasteiger partial charge is 0.348 e. The number of nitrogens with one attached hydrogen (secondary N) is 1. The molecule has 8 heteroatoms. The average Bonchev–Trinajstić information content (AvgIpc) is 3.18. The fraction of sp³-hybridized carbons (Fsp3) is 0.143. The van der Waals surface area contributed by atoms with Crippen molar-refractivity contribution in [2.75, 3.05) is 10.8 Å². The number of hydrogen-bond acceptors (Lipinski definition) is 4. The summed E-state index contributed by atoms with van der Waals surface area (Å²) in [5.41, 5.74) is 2.74. The molecule has 29 heavy (non-hydrogen) atoms. The molecule has 0 saturated carbocycles. The Morgan fingerprint density at radius 3 is 2.66 bits per heavy atom. The minimum atomic E-state index is -3.89. The number of halogens is 1. The van der Waals surface area contributed by atoms with Crippen molar-refractivity contribution in [1.82, 2.24) is 10.3 Å². The van der Waals surface area contributed by atoms with Crippen LogP contribution in [0.2, 0.25) is 5.02 Å². The summed E-state index contributed by atoms with van der Waals surface area (Å²) < 4.78 is 27.9. The van der Waals surface area contributed by atoms with E-state index in [2.05, 4.69) is 10.3 Å². The second-order valence-electron chi connectivity index (χ2n) is 6.64. The van der Waals surface area contributed by atoms with Crippen LogP contribution in [0.5, 0.6) is 0 Å². The van der Waals surface area contributed by atoms with Gasteiger partial charge < -0.3 is 5.32 Å². The number of anilines is 1. The number of carbonyl (C=O) groups excluding carboxylic acids is 1. The number of carbonyl (C=O) groups is 1. The van der Waals surface area contributed by atoms with Gasteiger partial charge in [0.1, 0.15) is 4.90 Å². The quantitative estimate of drug-likeness (QED) is 0.676. The van der Waals surface area contributed by atoms with Gasteiger partial charge in [-0.1, -0.05) is 29.8 Å². The smallest absolute Gasteiger partial charge is 0.265 e. The van der Waals surface area contributed by atoms with E-state index in [0.29, 0.717) is 25.2 Å². The summed E-state index contributed by atoms with van der Waals surface area (Å²) >= 11 is 6.22. The van der Waals surface area contributed by atoms with Crippen molar-refractivity contribution in [3.05, 3.63) is 88.7 Å². The van der Waals surface area contributed by atoms with Crippen LogP contribution in [-0.4, -0.2) is 25.9 Å². The first-order chi connectivity index (χ1) is 14.0. The maximum absolute atomic E-state index is 13.3. The first kappa shape index (κ1) is 19.4. The van der Waals surface area contributed by atoms with Crippen molar-refractivity contribution in [3.63, 3.8) is 0 Å². The number of fused-ring (bicyclic) bond motifs is 1. The molecule has 2 heterocycles. The lowest BCUT2D eigenvalue weighted by Gasteiger charge is -2.20. The van der Waals surface area contributed by atoms with Crippen LogP contribution in [0.25, 0.3) is 0 Å². The summed E-state index contributed by atoms with van der Waals surface area (Å²) in [4.78, 5) is 16.4. The molecule has 0 saturated heterocycles. The average molecular weight is 428 g/mol. The van der Waals surface area contributed by atoms with Gasteiger partial charge in [0, 0.05) is 31.0 Å². The Kier molecular flexibility index (Phi) is 5.25. The van der Waals surface area contributed by atoms with E-state index in [1.807, 2.05) is 12.1 Å². The van der Waals surface area contributed by atoms with E-state index in [0.717, 1.165) is 11.1 Å². The first-order valence-electron chi connectivity index (χ1n) is 9.04. The Morgan fingerprint density at radius 1 is 1.10 bits per heavy atom. The Morgan fingerprint density at radius 2 is 1.86 bits per heavy atom. The zero-order chi connectivity index (χ0) is 20.4. The molecular weight excluding hydrogens is 410 g/mol. The summed E-state index contributed by atoms with van der Waals surface area (Å²) in [5.74, 6) is -0.378. The molecule has 0 unspecified atom stereocenters. The fourth-order valence-corrected chi connectivity index (χ4v) is 5.31. The van der Waals surface area contributed by atoms with Crippen LogP contribution in [0.4, 0.5) is 5.69 Å². The Balaban J connectivity index is 1.61. The number of para-hydroxylation sites is 1. The zero-order valence-electron chi connectivity index (χ0n) is 15.4. The van der Waals surface area contributed by atoms with Crippen LogP contribution in [0.1, 0.15) is 21.5 Å². The highest BCUT2D eigenvalue weighted by Gasteiger charge is 2.32. The molecule has 0 fully saturated rings. The third-order valence-corrected chi connectivity index (χ3v) is 7.10. The molecule has 2 aromatic carbocycles. The number of nitrogens with zero attached hydrogens (tertiary/aromatic N) is 2. The van der Waals surface area contributed by atoms with Crippen LogP contribution in [-0.2, 0) is 23.0 Å². The molecule has 1 aromatic heterocycles. The van der Waals surface area contributed by atoms with Gasteiger partial charge in [0.2, 0.25) is 0 Å². The van der Waals surface area contributed by atoms with Crippen molar-refractivity contribution in [3.8, 4) is 0 Å². The fourth-order valence-electron chi connectivity index (χ4n) is 3.30. The number of rotatable bonds is 5. The molecule has 6 nitrogen and oxygen atoms in total. The number of pyridine rings is 1. The monoisotopic (exact) mass is 427 g/mol. The van der Waals surface area contributed by atoms with Crippen molar-refractivity contribution in [2.45, 2.75) is 17.9 Å². The molecule has 1 N–H and O–H groups in total. The third-order valence-electron chi connectivity index (χ3n) is 4.81. The minimum Gasteiger partial charge on any atom is -0.348 e. The van der Waals surface area contributed by atoms with Gasteiger partial charge in [-0.3, -0.25) is 14.1 Å². The molecule has 0 spiro atoms. The molecule has 0 atom stereocenters. The lowest BCUT2D eigenvalue weighted by Crippen LogP contribution is -2.30. The Hall–Kier alpha value is -2.90. The number of benzene rings is 2. The Labute approximate surface area is 174 Å². The van der Waals surface area contributed by atoms with E-state index < -0.39 is 10.0 Å². The maximum Gasteiger partial charge on any atom is 0.265 e. The van der Waals surface area contributed by atoms with E-state index in [1.165, 1.54) is 22.5 Å². The van der Waals surface area contributed by atoms with Crippen LogP contribution < -0.4 is 9.62 Å². The molecule has 148 valence electrons. The molecular formula is C21H18ClN3O3S. The highest BCUT2D eigenvalue weighted by molar-refractivity contribution is 7.93. The van der Waals surface area contributed by atoms with Crippen LogP contribution in [0, 0.1) is 0 Å². The molecule has 1 aliphatic rings. The van der Waals surface area contributed by atoms with Crippen LogP contribution >= 0.6 is 11.6 Å². The third kappa shape index (κ3) is 3.83.